The number of likely N-dealkylation sites (tertiary alicyclic amines) is 1. The quantitative estimate of drug-likeness (QED) is 0.520. The number of anilines is 2. The molecule has 174 valence electrons. The van der Waals surface area contributed by atoms with Gasteiger partial charge in [-0.1, -0.05) is 0 Å². The predicted octanol–water partition coefficient (Wildman–Crippen LogP) is 3.81. The van der Waals surface area contributed by atoms with Gasteiger partial charge in [0, 0.05) is 54.5 Å². The molecule has 0 aliphatic carbocycles. The van der Waals surface area contributed by atoms with E-state index in [-0.39, 0.29) is 5.69 Å². The molecule has 1 aromatic carbocycles. The third-order valence-electron chi connectivity index (χ3n) is 6.64. The summed E-state index contributed by atoms with van der Waals surface area (Å²) in [6.07, 6.45) is 7.30. The Morgan fingerprint density at radius 3 is 2.58 bits per heavy atom. The number of carbonyl (C=O) groups is 1. The van der Waals surface area contributed by atoms with Crippen LogP contribution in [-0.2, 0) is 0 Å². The number of rotatable bonds is 4. The van der Waals surface area contributed by atoms with Gasteiger partial charge in [0.05, 0.1) is 5.69 Å². The van der Waals surface area contributed by atoms with Crippen molar-refractivity contribution in [3.63, 3.8) is 0 Å². The Bertz CT molecular complexity index is 1080. The van der Waals surface area contributed by atoms with Gasteiger partial charge in [-0.15, -0.1) is 0 Å². The van der Waals surface area contributed by atoms with E-state index in [1.54, 1.807) is 24.5 Å². The Balaban J connectivity index is 0.000000165. The van der Waals surface area contributed by atoms with Crippen LogP contribution in [0.1, 0.15) is 42.2 Å². The SMILES string of the molecule is Cc1cc(N2CCC(N3CCCC3C)C2)ccc1N.O=C(O)c1cc(-c2ccncc2)n[nH]1. The number of pyridine rings is 1. The average molecular weight is 449 g/mol. The smallest absolute Gasteiger partial charge is 0.353 e. The Morgan fingerprint density at radius 1 is 1.15 bits per heavy atom. The minimum absolute atomic E-state index is 0.0804. The van der Waals surface area contributed by atoms with E-state index in [9.17, 15) is 4.79 Å². The zero-order chi connectivity index (χ0) is 23.4. The molecule has 2 unspecified atom stereocenters. The number of carboxylic acids is 1. The summed E-state index contributed by atoms with van der Waals surface area (Å²) >= 11 is 0. The van der Waals surface area contributed by atoms with E-state index in [2.05, 4.69) is 51.0 Å². The van der Waals surface area contributed by atoms with Crippen molar-refractivity contribution in [2.45, 2.75) is 45.2 Å². The summed E-state index contributed by atoms with van der Waals surface area (Å²) in [6.45, 7) is 8.11. The van der Waals surface area contributed by atoms with Crippen LogP contribution in [0.4, 0.5) is 11.4 Å². The molecular formula is C25H32N6O2. The largest absolute Gasteiger partial charge is 0.477 e. The first-order valence-corrected chi connectivity index (χ1v) is 11.5. The van der Waals surface area contributed by atoms with Crippen molar-refractivity contribution in [2.24, 2.45) is 0 Å². The maximum absolute atomic E-state index is 10.6. The number of nitrogens with zero attached hydrogens (tertiary/aromatic N) is 4. The van der Waals surface area contributed by atoms with Crippen LogP contribution in [0.25, 0.3) is 11.3 Å². The number of aromatic carboxylic acids is 1. The van der Waals surface area contributed by atoms with Gasteiger partial charge in [-0.2, -0.15) is 5.10 Å². The molecule has 0 saturated carbocycles. The molecule has 0 spiro atoms. The van der Waals surface area contributed by atoms with Crippen LogP contribution in [-0.4, -0.2) is 62.9 Å². The highest BCUT2D eigenvalue weighted by atomic mass is 16.4. The maximum atomic E-state index is 10.6. The van der Waals surface area contributed by atoms with Gasteiger partial charge in [-0.05, 0) is 81.6 Å². The summed E-state index contributed by atoms with van der Waals surface area (Å²) in [7, 11) is 0. The summed E-state index contributed by atoms with van der Waals surface area (Å²) in [4.78, 5) is 19.6. The van der Waals surface area contributed by atoms with Crippen molar-refractivity contribution in [3.05, 3.63) is 60.0 Å². The highest BCUT2D eigenvalue weighted by molar-refractivity contribution is 5.86. The van der Waals surface area contributed by atoms with Gasteiger partial charge < -0.3 is 15.7 Å². The summed E-state index contributed by atoms with van der Waals surface area (Å²) in [5.74, 6) is -1.02. The molecule has 4 N–H and O–H groups in total. The van der Waals surface area contributed by atoms with Gasteiger partial charge in [0.25, 0.3) is 0 Å². The molecule has 2 atom stereocenters. The highest BCUT2D eigenvalue weighted by Crippen LogP contribution is 2.29. The summed E-state index contributed by atoms with van der Waals surface area (Å²) < 4.78 is 0. The fourth-order valence-electron chi connectivity index (χ4n) is 4.70. The first-order chi connectivity index (χ1) is 15.9. The number of nitrogens with two attached hydrogens (primary N) is 1. The molecule has 0 radical (unpaired) electrons. The van der Waals surface area contributed by atoms with Crippen LogP contribution in [0.15, 0.2) is 48.8 Å². The van der Waals surface area contributed by atoms with Crippen molar-refractivity contribution >= 4 is 17.3 Å². The lowest BCUT2D eigenvalue weighted by Gasteiger charge is -2.28. The van der Waals surface area contributed by atoms with Crippen LogP contribution in [0.2, 0.25) is 0 Å². The molecule has 2 fully saturated rings. The molecule has 2 aromatic heterocycles. The number of aromatic amines is 1. The van der Waals surface area contributed by atoms with Crippen molar-refractivity contribution < 1.29 is 9.90 Å². The normalized spacial score (nSPS) is 20.5. The van der Waals surface area contributed by atoms with E-state index in [0.29, 0.717) is 5.69 Å². The van der Waals surface area contributed by atoms with Crippen molar-refractivity contribution in [2.75, 3.05) is 30.3 Å². The topological polar surface area (TPSA) is 111 Å². The number of aryl methyl sites for hydroxylation is 1. The molecule has 33 heavy (non-hydrogen) atoms. The van der Waals surface area contributed by atoms with Crippen LogP contribution < -0.4 is 10.6 Å². The second-order valence-electron chi connectivity index (χ2n) is 8.87. The number of hydrogen-bond acceptors (Lipinski definition) is 6. The van der Waals surface area contributed by atoms with Crippen LogP contribution in [0.5, 0.6) is 0 Å². The maximum Gasteiger partial charge on any atom is 0.353 e. The molecule has 4 heterocycles. The zero-order valence-corrected chi connectivity index (χ0v) is 19.2. The van der Waals surface area contributed by atoms with Gasteiger partial charge in [-0.25, -0.2) is 4.79 Å². The third kappa shape index (κ3) is 5.34. The fraction of sp³-hybridized carbons (Fsp3) is 0.400. The Hall–Kier alpha value is -3.39. The first-order valence-electron chi connectivity index (χ1n) is 11.5. The minimum atomic E-state index is -1.02. The van der Waals surface area contributed by atoms with E-state index >= 15 is 0 Å². The number of nitrogen functional groups attached to an aromatic ring is 1. The second kappa shape index (κ2) is 10.0. The zero-order valence-electron chi connectivity index (χ0n) is 19.2. The number of benzene rings is 1. The Morgan fingerprint density at radius 2 is 1.94 bits per heavy atom. The van der Waals surface area contributed by atoms with E-state index in [1.165, 1.54) is 56.2 Å². The van der Waals surface area contributed by atoms with Crippen molar-refractivity contribution in [3.8, 4) is 11.3 Å². The van der Waals surface area contributed by atoms with Gasteiger partial charge in [0.1, 0.15) is 5.69 Å². The summed E-state index contributed by atoms with van der Waals surface area (Å²) in [5.41, 5.74) is 10.8. The van der Waals surface area contributed by atoms with E-state index in [1.807, 2.05) is 6.07 Å². The molecule has 5 rings (SSSR count). The lowest BCUT2D eigenvalue weighted by molar-refractivity contribution is 0.0690. The first kappa shape index (κ1) is 22.8. The molecule has 2 aliphatic heterocycles. The molecule has 0 amide bonds. The number of nitrogens with one attached hydrogen (secondary N) is 1. The van der Waals surface area contributed by atoms with Gasteiger partial charge in [0.15, 0.2) is 0 Å². The van der Waals surface area contributed by atoms with E-state index in [4.69, 9.17) is 10.8 Å². The van der Waals surface area contributed by atoms with Gasteiger partial charge in [0.2, 0.25) is 0 Å². The number of H-pyrrole nitrogens is 1. The van der Waals surface area contributed by atoms with Crippen molar-refractivity contribution in [1.29, 1.82) is 0 Å². The lowest BCUT2D eigenvalue weighted by Crippen LogP contribution is -2.39. The Labute approximate surface area is 194 Å². The average Bonchev–Trinajstić information content (AvgIpc) is 3.57. The van der Waals surface area contributed by atoms with Gasteiger partial charge >= 0.3 is 5.97 Å². The molecule has 2 saturated heterocycles. The molecule has 8 nitrogen and oxygen atoms in total. The van der Waals surface area contributed by atoms with Crippen LogP contribution >= 0.6 is 0 Å². The minimum Gasteiger partial charge on any atom is -0.477 e. The Kier molecular flexibility index (Phi) is 6.93. The monoisotopic (exact) mass is 448 g/mol. The third-order valence-corrected chi connectivity index (χ3v) is 6.64. The van der Waals surface area contributed by atoms with E-state index < -0.39 is 5.97 Å². The molecule has 0 bridgehead atoms. The summed E-state index contributed by atoms with van der Waals surface area (Å²) in [5, 5.41) is 15.0. The van der Waals surface area contributed by atoms with Gasteiger partial charge in [-0.3, -0.25) is 15.0 Å². The van der Waals surface area contributed by atoms with E-state index in [0.717, 1.165) is 23.3 Å². The number of hydrogen-bond donors (Lipinski definition) is 3. The number of aromatic nitrogens is 3. The molecular weight excluding hydrogens is 416 g/mol. The number of carboxylic acid groups (broad SMARTS) is 1. The second-order valence-corrected chi connectivity index (χ2v) is 8.87. The van der Waals surface area contributed by atoms with Crippen LogP contribution in [0, 0.1) is 6.92 Å². The summed E-state index contributed by atoms with van der Waals surface area (Å²) in [6, 6.07) is 13.0. The molecule has 2 aliphatic rings. The van der Waals surface area contributed by atoms with Crippen LogP contribution in [0.3, 0.4) is 0 Å². The standard InChI is InChI=1S/C16H25N3.C9H7N3O2/c1-12-10-14(5-6-16(12)17)18-9-7-15(11-18)19-8-3-4-13(19)2;13-9(14)8-5-7(11-12-8)6-1-3-10-4-2-6/h5-6,10,13,15H,3-4,7-9,11,17H2,1-2H3;1-5H,(H,11,12)(H,13,14). The fourth-order valence-corrected chi connectivity index (χ4v) is 4.70. The van der Waals surface area contributed by atoms with Crippen molar-refractivity contribution in [1.82, 2.24) is 20.1 Å². The lowest BCUT2D eigenvalue weighted by atomic mass is 10.1. The highest BCUT2D eigenvalue weighted by Gasteiger charge is 2.32. The molecule has 8 heteroatoms. The molecule has 3 aromatic rings. The predicted molar refractivity (Wildman–Crippen MR) is 130 cm³/mol.